The molecule has 0 heterocycles. The van der Waals surface area contributed by atoms with Gasteiger partial charge in [0.05, 0.1) is 0 Å². The number of aliphatic carboxylic acids is 1. The van der Waals surface area contributed by atoms with E-state index < -0.39 is 5.97 Å². The fourth-order valence-corrected chi connectivity index (χ4v) is 3.01. The van der Waals surface area contributed by atoms with Crippen molar-refractivity contribution in [2.45, 2.75) is 65.7 Å². The van der Waals surface area contributed by atoms with Gasteiger partial charge in [-0.25, -0.2) is 0 Å². The minimum Gasteiger partial charge on any atom is -0.480 e. The van der Waals surface area contributed by atoms with Gasteiger partial charge in [0.1, 0.15) is 6.54 Å². The second-order valence-electron chi connectivity index (χ2n) is 6.91. The van der Waals surface area contributed by atoms with E-state index in [0.717, 1.165) is 37.5 Å². The van der Waals surface area contributed by atoms with E-state index in [9.17, 15) is 9.59 Å². The van der Waals surface area contributed by atoms with Crippen molar-refractivity contribution in [1.82, 2.24) is 5.32 Å². The van der Waals surface area contributed by atoms with E-state index in [4.69, 9.17) is 5.11 Å². The number of carboxylic acids is 1. The molecule has 0 spiro atoms. The zero-order valence-corrected chi connectivity index (χ0v) is 13.1. The summed E-state index contributed by atoms with van der Waals surface area (Å²) in [5, 5.41) is 11.1. The van der Waals surface area contributed by atoms with Gasteiger partial charge in [0.2, 0.25) is 5.91 Å². The lowest BCUT2D eigenvalue weighted by Crippen LogP contribution is -2.43. The van der Waals surface area contributed by atoms with Crippen molar-refractivity contribution in [1.29, 1.82) is 0 Å². The highest BCUT2D eigenvalue weighted by molar-refractivity contribution is 5.85. The Bertz CT molecular complexity index is 331. The van der Waals surface area contributed by atoms with Gasteiger partial charge in [-0.1, -0.05) is 40.0 Å². The molecule has 0 unspecified atom stereocenters. The van der Waals surface area contributed by atoms with E-state index >= 15 is 0 Å². The molecule has 2 N–H and O–H groups in total. The second-order valence-corrected chi connectivity index (χ2v) is 6.91. The molecule has 0 bridgehead atoms. The van der Waals surface area contributed by atoms with Gasteiger partial charge in [0.15, 0.2) is 0 Å². The van der Waals surface area contributed by atoms with Gasteiger partial charge in [-0.15, -0.1) is 0 Å². The average Bonchev–Trinajstić information content (AvgIpc) is 2.38. The lowest BCUT2D eigenvalue weighted by atomic mass is 9.70. The molecule has 0 aromatic carbocycles. The fraction of sp³-hybridized carbons (Fsp3) is 0.875. The Balaban J connectivity index is 2.32. The van der Waals surface area contributed by atoms with Gasteiger partial charge in [0.25, 0.3) is 0 Å². The molecular weight excluding hydrogens is 254 g/mol. The Morgan fingerprint density at radius 1 is 1.30 bits per heavy atom. The average molecular weight is 283 g/mol. The Labute approximate surface area is 122 Å². The highest BCUT2D eigenvalue weighted by Crippen LogP contribution is 2.40. The van der Waals surface area contributed by atoms with Gasteiger partial charge in [-0.2, -0.15) is 0 Å². The Hall–Kier alpha value is -1.06. The van der Waals surface area contributed by atoms with Crippen LogP contribution >= 0.6 is 0 Å². The molecule has 0 aromatic rings. The van der Waals surface area contributed by atoms with E-state index in [-0.39, 0.29) is 17.9 Å². The molecule has 1 fully saturated rings. The predicted molar refractivity (Wildman–Crippen MR) is 79.4 cm³/mol. The summed E-state index contributed by atoms with van der Waals surface area (Å²) >= 11 is 0. The van der Waals surface area contributed by atoms with Gasteiger partial charge >= 0.3 is 5.97 Å². The van der Waals surface area contributed by atoms with E-state index in [1.807, 2.05) is 6.92 Å². The molecule has 0 aromatic heterocycles. The molecule has 20 heavy (non-hydrogen) atoms. The molecule has 4 nitrogen and oxygen atoms in total. The van der Waals surface area contributed by atoms with E-state index in [0.29, 0.717) is 0 Å². The number of carbonyl (C=O) groups is 2. The van der Waals surface area contributed by atoms with Crippen molar-refractivity contribution in [3.05, 3.63) is 0 Å². The minimum absolute atomic E-state index is 0.0967. The first kappa shape index (κ1) is 17.0. The maximum absolute atomic E-state index is 12.1. The summed E-state index contributed by atoms with van der Waals surface area (Å²) in [5.41, 5.74) is -0.371. The van der Waals surface area contributed by atoms with Crippen LogP contribution in [0, 0.1) is 17.3 Å². The van der Waals surface area contributed by atoms with Crippen LogP contribution in [-0.2, 0) is 9.59 Å². The van der Waals surface area contributed by atoms with Crippen molar-refractivity contribution in [3.8, 4) is 0 Å². The van der Waals surface area contributed by atoms with Crippen molar-refractivity contribution in [3.63, 3.8) is 0 Å². The van der Waals surface area contributed by atoms with Crippen molar-refractivity contribution in [2.24, 2.45) is 17.3 Å². The van der Waals surface area contributed by atoms with E-state index in [1.165, 1.54) is 19.3 Å². The smallest absolute Gasteiger partial charge is 0.322 e. The van der Waals surface area contributed by atoms with Gasteiger partial charge in [-0.05, 0) is 37.5 Å². The maximum atomic E-state index is 12.1. The molecule has 4 heteroatoms. The van der Waals surface area contributed by atoms with Crippen LogP contribution in [-0.4, -0.2) is 23.5 Å². The molecular formula is C16H29NO3. The summed E-state index contributed by atoms with van der Waals surface area (Å²) in [5.74, 6) is 0.435. The van der Waals surface area contributed by atoms with Gasteiger partial charge in [-0.3, -0.25) is 9.59 Å². The monoisotopic (exact) mass is 283 g/mol. The molecule has 1 saturated carbocycles. The predicted octanol–water partition coefficient (Wildman–Crippen LogP) is 3.21. The van der Waals surface area contributed by atoms with E-state index in [2.05, 4.69) is 19.2 Å². The SMILES string of the molecule is CC(C)CCC[C@H]1CC[C@@](C)(C(=O)NCC(=O)O)CC1. The molecule has 0 saturated heterocycles. The summed E-state index contributed by atoms with van der Waals surface area (Å²) in [6, 6.07) is 0. The number of rotatable bonds is 7. The third-order valence-corrected chi connectivity index (χ3v) is 4.55. The van der Waals surface area contributed by atoms with Crippen LogP contribution in [0.3, 0.4) is 0 Å². The first-order chi connectivity index (χ1) is 9.33. The van der Waals surface area contributed by atoms with E-state index in [1.54, 1.807) is 0 Å². The van der Waals surface area contributed by atoms with Crippen LogP contribution < -0.4 is 5.32 Å². The third-order valence-electron chi connectivity index (χ3n) is 4.55. The number of hydrogen-bond acceptors (Lipinski definition) is 2. The van der Waals surface area contributed by atoms with Crippen molar-refractivity contribution < 1.29 is 14.7 Å². The minimum atomic E-state index is -0.982. The first-order valence-electron chi connectivity index (χ1n) is 7.83. The number of carboxylic acid groups (broad SMARTS) is 1. The molecule has 116 valence electrons. The normalized spacial score (nSPS) is 26.5. The van der Waals surface area contributed by atoms with Crippen LogP contribution in [0.25, 0.3) is 0 Å². The summed E-state index contributed by atoms with van der Waals surface area (Å²) in [7, 11) is 0. The topological polar surface area (TPSA) is 66.4 Å². The van der Waals surface area contributed by atoms with Crippen LogP contribution in [0.2, 0.25) is 0 Å². The number of carbonyl (C=O) groups excluding carboxylic acids is 1. The molecule has 1 rings (SSSR count). The lowest BCUT2D eigenvalue weighted by molar-refractivity contribution is -0.140. The van der Waals surface area contributed by atoms with Crippen molar-refractivity contribution in [2.75, 3.05) is 6.54 Å². The fourth-order valence-electron chi connectivity index (χ4n) is 3.01. The highest BCUT2D eigenvalue weighted by atomic mass is 16.4. The maximum Gasteiger partial charge on any atom is 0.322 e. The largest absolute Gasteiger partial charge is 0.480 e. The Morgan fingerprint density at radius 3 is 2.40 bits per heavy atom. The third kappa shape index (κ3) is 5.51. The summed E-state index contributed by atoms with van der Waals surface area (Å²) < 4.78 is 0. The number of amides is 1. The lowest BCUT2D eigenvalue weighted by Gasteiger charge is -2.36. The number of hydrogen-bond donors (Lipinski definition) is 2. The molecule has 1 amide bonds. The Morgan fingerprint density at radius 2 is 1.90 bits per heavy atom. The first-order valence-corrected chi connectivity index (χ1v) is 7.83. The Kier molecular flexibility index (Phi) is 6.50. The van der Waals surface area contributed by atoms with Crippen LogP contribution in [0.1, 0.15) is 65.7 Å². The molecule has 1 aliphatic rings. The summed E-state index contributed by atoms with van der Waals surface area (Å²) in [6.07, 6.45) is 7.78. The zero-order valence-electron chi connectivity index (χ0n) is 13.1. The molecule has 0 atom stereocenters. The van der Waals surface area contributed by atoms with Crippen LogP contribution in [0.5, 0.6) is 0 Å². The second kappa shape index (κ2) is 7.65. The van der Waals surface area contributed by atoms with Crippen LogP contribution in [0.4, 0.5) is 0 Å². The number of nitrogens with one attached hydrogen (secondary N) is 1. The summed E-state index contributed by atoms with van der Waals surface area (Å²) in [4.78, 5) is 22.6. The standard InChI is InChI=1S/C16H29NO3/c1-12(2)5-4-6-13-7-9-16(3,10-8-13)15(20)17-11-14(18)19/h12-13H,4-11H2,1-3H3,(H,17,20)(H,18,19)/t13-,16+. The highest BCUT2D eigenvalue weighted by Gasteiger charge is 2.37. The van der Waals surface area contributed by atoms with Gasteiger partial charge in [0, 0.05) is 5.41 Å². The van der Waals surface area contributed by atoms with Gasteiger partial charge < -0.3 is 10.4 Å². The summed E-state index contributed by atoms with van der Waals surface area (Å²) in [6.45, 7) is 6.20. The quantitative estimate of drug-likeness (QED) is 0.754. The molecule has 0 aliphatic heterocycles. The molecule has 1 aliphatic carbocycles. The van der Waals surface area contributed by atoms with Crippen LogP contribution in [0.15, 0.2) is 0 Å². The molecule has 0 radical (unpaired) electrons. The van der Waals surface area contributed by atoms with Crippen molar-refractivity contribution >= 4 is 11.9 Å². The zero-order chi connectivity index (χ0) is 15.2.